The van der Waals surface area contributed by atoms with E-state index in [1.807, 2.05) is 6.07 Å². The van der Waals surface area contributed by atoms with E-state index >= 15 is 0 Å². The number of halogens is 2. The van der Waals surface area contributed by atoms with Crippen molar-refractivity contribution in [2.45, 2.75) is 32.4 Å². The summed E-state index contributed by atoms with van der Waals surface area (Å²) in [5.41, 5.74) is 0.793. The minimum atomic E-state index is -0.271. The van der Waals surface area contributed by atoms with Crippen LogP contribution in [0.3, 0.4) is 0 Å². The molecule has 1 fully saturated rings. The lowest BCUT2D eigenvalue weighted by Crippen LogP contribution is -2.47. The predicted molar refractivity (Wildman–Crippen MR) is 118 cm³/mol. The maximum atomic E-state index is 13.3. The van der Waals surface area contributed by atoms with Gasteiger partial charge >= 0.3 is 0 Å². The molecule has 1 heterocycles. The number of aliphatic imine (C=N–C) groups is 1. The molecule has 1 unspecified atom stereocenters. The number of likely N-dealkylation sites (tertiary alicyclic amines) is 1. The number of likely N-dealkylation sites (N-methyl/N-ethyl adjacent to an activating group) is 2. The number of benzene rings is 1. The minimum absolute atomic E-state index is 0. The number of hydrogen-bond acceptors (Lipinski definition) is 3. The molecule has 0 aliphatic carbocycles. The van der Waals surface area contributed by atoms with Gasteiger partial charge in [-0.3, -0.25) is 9.69 Å². The lowest BCUT2D eigenvalue weighted by Gasteiger charge is -2.24. The SMILES string of the molecule is CCN1CCCC1CNC(=NCc1cccc(F)c1)NCC(=O)N(C)C.I. The zero-order valence-corrected chi connectivity index (χ0v) is 18.7. The van der Waals surface area contributed by atoms with Crippen LogP contribution in [0, 0.1) is 5.82 Å². The molecule has 1 atom stereocenters. The third kappa shape index (κ3) is 8.00. The van der Waals surface area contributed by atoms with Crippen LogP contribution in [0.25, 0.3) is 0 Å². The van der Waals surface area contributed by atoms with E-state index in [0.29, 0.717) is 18.5 Å². The van der Waals surface area contributed by atoms with Crippen LogP contribution >= 0.6 is 24.0 Å². The highest BCUT2D eigenvalue weighted by Crippen LogP contribution is 2.15. The third-order valence-electron chi connectivity index (χ3n) is 4.63. The first-order valence-electron chi connectivity index (χ1n) is 9.20. The van der Waals surface area contributed by atoms with Gasteiger partial charge in [0.15, 0.2) is 5.96 Å². The summed E-state index contributed by atoms with van der Waals surface area (Å²) >= 11 is 0. The standard InChI is InChI=1S/C19H30FN5O.HI/c1-4-25-10-6-9-17(25)13-22-19(23-14-18(26)24(2)3)21-12-15-7-5-8-16(20)11-15;/h5,7-8,11,17H,4,6,9-10,12-14H2,1-3H3,(H2,21,22,23);1H. The number of carbonyl (C=O) groups excluding carboxylic acids is 1. The van der Waals surface area contributed by atoms with Crippen molar-refractivity contribution in [2.75, 3.05) is 40.3 Å². The van der Waals surface area contributed by atoms with Gasteiger partial charge in [0, 0.05) is 26.7 Å². The molecule has 8 heteroatoms. The van der Waals surface area contributed by atoms with E-state index in [4.69, 9.17) is 0 Å². The normalized spacial score (nSPS) is 17.3. The van der Waals surface area contributed by atoms with Crippen molar-refractivity contribution in [2.24, 2.45) is 4.99 Å². The summed E-state index contributed by atoms with van der Waals surface area (Å²) in [7, 11) is 3.44. The van der Waals surface area contributed by atoms with Crippen molar-refractivity contribution in [3.05, 3.63) is 35.6 Å². The highest BCUT2D eigenvalue weighted by Gasteiger charge is 2.22. The van der Waals surface area contributed by atoms with E-state index in [0.717, 1.165) is 31.6 Å². The van der Waals surface area contributed by atoms with E-state index < -0.39 is 0 Å². The van der Waals surface area contributed by atoms with Crippen LogP contribution in [0.2, 0.25) is 0 Å². The van der Waals surface area contributed by atoms with E-state index in [1.165, 1.54) is 23.5 Å². The monoisotopic (exact) mass is 491 g/mol. The van der Waals surface area contributed by atoms with Gasteiger partial charge in [0.05, 0.1) is 13.1 Å². The number of rotatable bonds is 7. The summed E-state index contributed by atoms with van der Waals surface area (Å²) < 4.78 is 13.3. The Kier molecular flexibility index (Phi) is 10.6. The molecule has 27 heavy (non-hydrogen) atoms. The first-order chi connectivity index (χ1) is 12.5. The van der Waals surface area contributed by atoms with Crippen molar-refractivity contribution in [1.29, 1.82) is 0 Å². The molecular weight excluding hydrogens is 460 g/mol. The Balaban J connectivity index is 0.00000364. The molecule has 0 bridgehead atoms. The van der Waals surface area contributed by atoms with Gasteiger partial charge in [-0.15, -0.1) is 24.0 Å². The molecule has 0 spiro atoms. The van der Waals surface area contributed by atoms with Gasteiger partial charge in [0.25, 0.3) is 0 Å². The second kappa shape index (κ2) is 12.1. The van der Waals surface area contributed by atoms with Crippen molar-refractivity contribution < 1.29 is 9.18 Å². The second-order valence-electron chi connectivity index (χ2n) is 6.74. The summed E-state index contributed by atoms with van der Waals surface area (Å²) in [5.74, 6) is 0.279. The zero-order valence-electron chi connectivity index (χ0n) is 16.4. The molecule has 1 aromatic carbocycles. The van der Waals surface area contributed by atoms with Crippen LogP contribution in [0.4, 0.5) is 4.39 Å². The molecule has 6 nitrogen and oxygen atoms in total. The van der Waals surface area contributed by atoms with E-state index in [1.54, 1.807) is 20.2 Å². The summed E-state index contributed by atoms with van der Waals surface area (Å²) in [6.07, 6.45) is 2.37. The molecule has 1 amide bonds. The van der Waals surface area contributed by atoms with Crippen LogP contribution in [0.1, 0.15) is 25.3 Å². The maximum absolute atomic E-state index is 13.3. The highest BCUT2D eigenvalue weighted by molar-refractivity contribution is 14.0. The smallest absolute Gasteiger partial charge is 0.241 e. The van der Waals surface area contributed by atoms with Gasteiger partial charge in [0.1, 0.15) is 5.82 Å². The predicted octanol–water partition coefficient (Wildman–Crippen LogP) is 2.05. The Morgan fingerprint density at radius 2 is 2.15 bits per heavy atom. The topological polar surface area (TPSA) is 60.0 Å². The Morgan fingerprint density at radius 3 is 2.81 bits per heavy atom. The molecule has 2 N–H and O–H groups in total. The molecule has 1 aliphatic heterocycles. The number of guanidine groups is 1. The van der Waals surface area contributed by atoms with Crippen molar-refractivity contribution in [3.63, 3.8) is 0 Å². The zero-order chi connectivity index (χ0) is 18.9. The van der Waals surface area contributed by atoms with Crippen molar-refractivity contribution in [1.82, 2.24) is 20.4 Å². The lowest BCUT2D eigenvalue weighted by molar-refractivity contribution is -0.127. The molecule has 1 aromatic rings. The molecule has 1 saturated heterocycles. The third-order valence-corrected chi connectivity index (χ3v) is 4.63. The highest BCUT2D eigenvalue weighted by atomic mass is 127. The largest absolute Gasteiger partial charge is 0.355 e. The fourth-order valence-electron chi connectivity index (χ4n) is 3.05. The fourth-order valence-corrected chi connectivity index (χ4v) is 3.05. The van der Waals surface area contributed by atoms with Gasteiger partial charge < -0.3 is 15.5 Å². The van der Waals surface area contributed by atoms with Gasteiger partial charge in [-0.05, 0) is 43.6 Å². The summed E-state index contributed by atoms with van der Waals surface area (Å²) in [4.78, 5) is 20.3. The second-order valence-corrected chi connectivity index (χ2v) is 6.74. The number of carbonyl (C=O) groups is 1. The fraction of sp³-hybridized carbons (Fsp3) is 0.579. The molecule has 0 radical (unpaired) electrons. The van der Waals surface area contributed by atoms with Crippen LogP contribution in [0.15, 0.2) is 29.3 Å². The summed E-state index contributed by atoms with van der Waals surface area (Å²) in [5, 5.41) is 6.42. The van der Waals surface area contributed by atoms with E-state index in [-0.39, 0.29) is 42.2 Å². The quantitative estimate of drug-likeness (QED) is 0.349. The molecule has 1 aliphatic rings. The molecule has 0 aromatic heterocycles. The molecular formula is C19H31FIN5O. The molecule has 0 saturated carbocycles. The number of nitrogens with one attached hydrogen (secondary N) is 2. The molecule has 152 valence electrons. The van der Waals surface area contributed by atoms with Crippen molar-refractivity contribution in [3.8, 4) is 0 Å². The molecule has 2 rings (SSSR count). The lowest BCUT2D eigenvalue weighted by atomic mass is 10.2. The number of hydrogen-bond donors (Lipinski definition) is 2. The Hall–Kier alpha value is -1.42. The Bertz CT molecular complexity index is 626. The average molecular weight is 491 g/mol. The summed E-state index contributed by atoms with van der Waals surface area (Å²) in [6.45, 7) is 5.64. The van der Waals surface area contributed by atoms with Crippen LogP contribution < -0.4 is 10.6 Å². The van der Waals surface area contributed by atoms with Gasteiger partial charge in [-0.25, -0.2) is 9.38 Å². The van der Waals surface area contributed by atoms with E-state index in [9.17, 15) is 9.18 Å². The van der Waals surface area contributed by atoms with Gasteiger partial charge in [-0.2, -0.15) is 0 Å². The average Bonchev–Trinajstić information content (AvgIpc) is 3.08. The van der Waals surface area contributed by atoms with Crippen LogP contribution in [-0.2, 0) is 11.3 Å². The Labute approximate surface area is 178 Å². The van der Waals surface area contributed by atoms with Crippen LogP contribution in [-0.4, -0.2) is 68.0 Å². The van der Waals surface area contributed by atoms with Gasteiger partial charge in [0.2, 0.25) is 5.91 Å². The maximum Gasteiger partial charge on any atom is 0.241 e. The van der Waals surface area contributed by atoms with Crippen LogP contribution in [0.5, 0.6) is 0 Å². The summed E-state index contributed by atoms with van der Waals surface area (Å²) in [6, 6.07) is 6.88. The Morgan fingerprint density at radius 1 is 1.37 bits per heavy atom. The number of amides is 1. The van der Waals surface area contributed by atoms with Crippen molar-refractivity contribution >= 4 is 35.8 Å². The number of nitrogens with zero attached hydrogens (tertiary/aromatic N) is 3. The minimum Gasteiger partial charge on any atom is -0.355 e. The van der Waals surface area contributed by atoms with E-state index in [2.05, 4.69) is 27.4 Å². The first-order valence-corrected chi connectivity index (χ1v) is 9.20. The first kappa shape index (κ1) is 23.6. The van der Waals surface area contributed by atoms with Gasteiger partial charge in [-0.1, -0.05) is 19.1 Å².